The quantitative estimate of drug-likeness (QED) is 0.813. The number of hydrogen-bond donors (Lipinski definition) is 1. The van der Waals surface area contributed by atoms with Crippen molar-refractivity contribution in [3.63, 3.8) is 0 Å². The second-order valence-corrected chi connectivity index (χ2v) is 5.68. The van der Waals surface area contributed by atoms with E-state index in [1.54, 1.807) is 12.1 Å². The third-order valence-electron chi connectivity index (χ3n) is 4.07. The Balaban J connectivity index is 0.00000139. The van der Waals surface area contributed by atoms with E-state index in [0.717, 1.165) is 25.9 Å². The minimum absolute atomic E-state index is 0.169. The van der Waals surface area contributed by atoms with Gasteiger partial charge < -0.3 is 19.5 Å². The molecule has 1 saturated heterocycles. The lowest BCUT2D eigenvalue weighted by atomic mass is 10.1. The van der Waals surface area contributed by atoms with E-state index in [0.29, 0.717) is 11.5 Å². The van der Waals surface area contributed by atoms with E-state index in [-0.39, 0.29) is 11.7 Å². The van der Waals surface area contributed by atoms with E-state index in [1.165, 1.54) is 32.6 Å². The molecule has 136 valence electrons. The summed E-state index contributed by atoms with van der Waals surface area (Å²) in [6, 6.07) is 4.75. The molecule has 0 amide bonds. The first-order valence-corrected chi connectivity index (χ1v) is 8.94. The number of carboxylic acid groups (broad SMARTS) is 1. The normalized spacial score (nSPS) is 15.3. The van der Waals surface area contributed by atoms with Crippen LogP contribution in [0.3, 0.4) is 0 Å². The van der Waals surface area contributed by atoms with Crippen molar-refractivity contribution in [1.82, 2.24) is 4.90 Å². The highest BCUT2D eigenvalue weighted by Crippen LogP contribution is 2.30. The highest BCUT2D eigenvalue weighted by Gasteiger charge is 2.21. The Labute approximate surface area is 145 Å². The molecule has 1 aromatic rings. The first kappa shape index (κ1) is 20.3. The predicted molar refractivity (Wildman–Crippen MR) is 96.3 cm³/mol. The number of likely N-dealkylation sites (tertiary alicyclic amines) is 1. The van der Waals surface area contributed by atoms with Gasteiger partial charge >= 0.3 is 5.97 Å². The minimum Gasteiger partial charge on any atom is -0.493 e. The molecule has 1 heterocycles. The van der Waals surface area contributed by atoms with Gasteiger partial charge in [0, 0.05) is 13.1 Å². The lowest BCUT2D eigenvalue weighted by Crippen LogP contribution is -2.38. The van der Waals surface area contributed by atoms with Gasteiger partial charge in [-0.2, -0.15) is 0 Å². The van der Waals surface area contributed by atoms with Crippen molar-refractivity contribution >= 4 is 5.97 Å². The van der Waals surface area contributed by atoms with Crippen LogP contribution in [-0.2, 0) is 0 Å². The molecule has 0 bridgehead atoms. The van der Waals surface area contributed by atoms with E-state index in [9.17, 15) is 4.79 Å². The second kappa shape index (κ2) is 10.9. The third-order valence-corrected chi connectivity index (χ3v) is 4.07. The third kappa shape index (κ3) is 6.04. The molecule has 1 fully saturated rings. The van der Waals surface area contributed by atoms with Crippen LogP contribution in [0, 0.1) is 0 Å². The average molecular weight is 337 g/mol. The summed E-state index contributed by atoms with van der Waals surface area (Å²) in [6.07, 6.45) is 4.63. The fraction of sp³-hybridized carbons (Fsp3) is 0.632. The van der Waals surface area contributed by atoms with Crippen LogP contribution < -0.4 is 9.47 Å². The van der Waals surface area contributed by atoms with Crippen LogP contribution in [0.4, 0.5) is 0 Å². The molecule has 24 heavy (non-hydrogen) atoms. The van der Waals surface area contributed by atoms with Gasteiger partial charge in [0.1, 0.15) is 6.10 Å². The van der Waals surface area contributed by atoms with E-state index in [1.807, 2.05) is 13.8 Å². The smallest absolute Gasteiger partial charge is 0.335 e. The van der Waals surface area contributed by atoms with Gasteiger partial charge in [0.15, 0.2) is 11.5 Å². The maximum atomic E-state index is 11.0. The number of piperidine rings is 1. The molecule has 0 spiro atoms. The second-order valence-electron chi connectivity index (χ2n) is 5.68. The van der Waals surface area contributed by atoms with Gasteiger partial charge in [0.2, 0.25) is 0 Å². The largest absolute Gasteiger partial charge is 0.493 e. The molecule has 1 aliphatic heterocycles. The Hall–Kier alpha value is -1.75. The maximum absolute atomic E-state index is 11.0. The highest BCUT2D eigenvalue weighted by atomic mass is 16.5. The number of methoxy groups -OCH3 is 1. The van der Waals surface area contributed by atoms with Crippen molar-refractivity contribution in [3.8, 4) is 11.5 Å². The molecule has 0 unspecified atom stereocenters. The number of carbonyl (C=O) groups is 1. The molecule has 0 atom stereocenters. The molecule has 0 radical (unpaired) electrons. The molecule has 5 heteroatoms. The first-order valence-electron chi connectivity index (χ1n) is 8.94. The lowest BCUT2D eigenvalue weighted by molar-refractivity contribution is 0.0696. The zero-order valence-corrected chi connectivity index (χ0v) is 15.4. The minimum atomic E-state index is -0.964. The standard InChI is InChI=1S/C17H25NO4.C2H6/c1-3-4-9-18-10-7-14(8-11-18)22-15-6-5-13(17(19)20)12-16(15)21-2;1-2/h5-6,12,14H,3-4,7-11H2,1-2H3,(H,19,20);1-2H3. The molecule has 1 aromatic carbocycles. The molecular weight excluding hydrogens is 306 g/mol. The molecule has 0 aliphatic carbocycles. The van der Waals surface area contributed by atoms with Crippen molar-refractivity contribution in [3.05, 3.63) is 23.8 Å². The molecular formula is C19H31NO4. The van der Waals surface area contributed by atoms with E-state index in [2.05, 4.69) is 11.8 Å². The van der Waals surface area contributed by atoms with Crippen LogP contribution in [0.15, 0.2) is 18.2 Å². The molecule has 5 nitrogen and oxygen atoms in total. The number of carboxylic acids is 1. The van der Waals surface area contributed by atoms with Crippen LogP contribution in [-0.4, -0.2) is 48.8 Å². The van der Waals surface area contributed by atoms with Crippen LogP contribution in [0.1, 0.15) is 56.8 Å². The van der Waals surface area contributed by atoms with Crippen molar-refractivity contribution < 1.29 is 19.4 Å². The summed E-state index contributed by atoms with van der Waals surface area (Å²) in [5.74, 6) is 0.141. The van der Waals surface area contributed by atoms with Gasteiger partial charge in [-0.1, -0.05) is 27.2 Å². The Morgan fingerprint density at radius 2 is 1.92 bits per heavy atom. The van der Waals surface area contributed by atoms with Crippen LogP contribution in [0.2, 0.25) is 0 Å². The number of hydrogen-bond acceptors (Lipinski definition) is 4. The monoisotopic (exact) mass is 337 g/mol. The summed E-state index contributed by atoms with van der Waals surface area (Å²) >= 11 is 0. The Bertz CT molecular complexity index is 496. The summed E-state index contributed by atoms with van der Waals surface area (Å²) in [5.41, 5.74) is 0.207. The summed E-state index contributed by atoms with van der Waals surface area (Å²) < 4.78 is 11.3. The number of ether oxygens (including phenoxy) is 2. The number of aromatic carboxylic acids is 1. The van der Waals surface area contributed by atoms with Crippen LogP contribution in [0.5, 0.6) is 11.5 Å². The van der Waals surface area contributed by atoms with Gasteiger partial charge in [-0.3, -0.25) is 0 Å². The lowest BCUT2D eigenvalue weighted by Gasteiger charge is -2.32. The van der Waals surface area contributed by atoms with Gasteiger partial charge in [0.25, 0.3) is 0 Å². The number of nitrogens with zero attached hydrogens (tertiary/aromatic N) is 1. The summed E-state index contributed by atoms with van der Waals surface area (Å²) in [4.78, 5) is 13.5. The SMILES string of the molecule is CC.CCCCN1CCC(Oc2ccc(C(=O)O)cc2OC)CC1. The number of rotatable bonds is 7. The average Bonchev–Trinajstić information content (AvgIpc) is 2.63. The fourth-order valence-electron chi connectivity index (χ4n) is 2.71. The molecule has 0 aromatic heterocycles. The molecule has 2 rings (SSSR count). The fourth-order valence-corrected chi connectivity index (χ4v) is 2.71. The molecule has 1 aliphatic rings. The van der Waals surface area contributed by atoms with Crippen molar-refractivity contribution in [2.24, 2.45) is 0 Å². The van der Waals surface area contributed by atoms with E-state index >= 15 is 0 Å². The Kier molecular flexibility index (Phi) is 9.23. The first-order chi connectivity index (χ1) is 11.6. The maximum Gasteiger partial charge on any atom is 0.335 e. The van der Waals surface area contributed by atoms with Crippen LogP contribution in [0.25, 0.3) is 0 Å². The van der Waals surface area contributed by atoms with Crippen LogP contribution >= 0.6 is 0 Å². The number of unbranched alkanes of at least 4 members (excludes halogenated alkanes) is 1. The van der Waals surface area contributed by atoms with Gasteiger partial charge in [0.05, 0.1) is 12.7 Å². The Morgan fingerprint density at radius 1 is 1.25 bits per heavy atom. The number of benzene rings is 1. The van der Waals surface area contributed by atoms with Crippen molar-refractivity contribution in [2.45, 2.75) is 52.6 Å². The summed E-state index contributed by atoms with van der Waals surface area (Å²) in [7, 11) is 1.53. The predicted octanol–water partition coefficient (Wildman–Crippen LogP) is 4.06. The topological polar surface area (TPSA) is 59.0 Å². The van der Waals surface area contributed by atoms with Gasteiger partial charge in [-0.15, -0.1) is 0 Å². The van der Waals surface area contributed by atoms with Gasteiger partial charge in [-0.05, 0) is 44.0 Å². The summed E-state index contributed by atoms with van der Waals surface area (Å²) in [5, 5.41) is 9.02. The van der Waals surface area contributed by atoms with E-state index in [4.69, 9.17) is 14.6 Å². The highest BCUT2D eigenvalue weighted by molar-refractivity contribution is 5.88. The Morgan fingerprint density at radius 3 is 2.46 bits per heavy atom. The van der Waals surface area contributed by atoms with Gasteiger partial charge in [-0.25, -0.2) is 4.79 Å². The van der Waals surface area contributed by atoms with Crippen molar-refractivity contribution in [2.75, 3.05) is 26.7 Å². The van der Waals surface area contributed by atoms with Crippen molar-refractivity contribution in [1.29, 1.82) is 0 Å². The molecule has 1 N–H and O–H groups in total. The molecule has 0 saturated carbocycles. The zero-order chi connectivity index (χ0) is 17.9. The van der Waals surface area contributed by atoms with E-state index < -0.39 is 5.97 Å². The summed E-state index contributed by atoms with van der Waals surface area (Å²) in [6.45, 7) is 9.49. The zero-order valence-electron chi connectivity index (χ0n) is 15.4.